The largest absolute Gasteiger partial charge is 0.416 e. The molecule has 1 spiro atoms. The molecule has 1 fully saturated rings. The SMILES string of the molecule is O=C1NCCC[C@@]12CCC(c1cc(-c3ccc(C(F)(F)F)cc3)ccn1)=N2. The normalized spacial score (nSPS) is 22.6. The van der Waals surface area contributed by atoms with Gasteiger partial charge in [-0.1, -0.05) is 12.1 Å². The molecule has 1 atom stereocenters. The Labute approximate surface area is 154 Å². The van der Waals surface area contributed by atoms with E-state index in [1.807, 2.05) is 6.07 Å². The summed E-state index contributed by atoms with van der Waals surface area (Å²) in [6.45, 7) is 0.688. The van der Waals surface area contributed by atoms with Gasteiger partial charge in [-0.25, -0.2) is 0 Å². The maximum Gasteiger partial charge on any atom is 0.416 e. The van der Waals surface area contributed by atoms with E-state index in [0.29, 0.717) is 30.6 Å². The molecule has 1 aromatic heterocycles. The van der Waals surface area contributed by atoms with E-state index in [9.17, 15) is 18.0 Å². The van der Waals surface area contributed by atoms with Gasteiger partial charge >= 0.3 is 6.18 Å². The maximum absolute atomic E-state index is 12.7. The molecule has 1 amide bonds. The van der Waals surface area contributed by atoms with Gasteiger partial charge in [0, 0.05) is 12.7 Å². The molecule has 0 saturated carbocycles. The van der Waals surface area contributed by atoms with Crippen molar-refractivity contribution in [2.75, 3.05) is 6.54 Å². The maximum atomic E-state index is 12.7. The van der Waals surface area contributed by atoms with Crippen molar-refractivity contribution in [3.63, 3.8) is 0 Å². The summed E-state index contributed by atoms with van der Waals surface area (Å²) in [5.41, 5.74) is 1.54. The first-order valence-corrected chi connectivity index (χ1v) is 8.89. The number of nitrogens with zero attached hydrogens (tertiary/aromatic N) is 2. The lowest BCUT2D eigenvalue weighted by Gasteiger charge is -2.29. The molecular formula is C20H18F3N3O. The van der Waals surface area contributed by atoms with Gasteiger partial charge in [-0.05, 0) is 61.1 Å². The van der Waals surface area contributed by atoms with Crippen molar-refractivity contribution >= 4 is 11.6 Å². The average Bonchev–Trinajstić information content (AvgIpc) is 3.09. The van der Waals surface area contributed by atoms with Crippen LogP contribution in [0.1, 0.15) is 36.9 Å². The molecule has 3 heterocycles. The number of piperidine rings is 1. The van der Waals surface area contributed by atoms with E-state index in [1.54, 1.807) is 12.3 Å². The predicted octanol–water partition coefficient (Wildman–Crippen LogP) is 4.00. The van der Waals surface area contributed by atoms with Crippen LogP contribution in [0.15, 0.2) is 47.6 Å². The minimum absolute atomic E-state index is 0.0253. The van der Waals surface area contributed by atoms with Gasteiger partial charge in [0.05, 0.1) is 17.0 Å². The highest BCUT2D eigenvalue weighted by Crippen LogP contribution is 2.35. The fraction of sp³-hybridized carbons (Fsp3) is 0.350. The van der Waals surface area contributed by atoms with Crippen LogP contribution in [0.3, 0.4) is 0 Å². The van der Waals surface area contributed by atoms with Crippen molar-refractivity contribution in [1.29, 1.82) is 0 Å². The van der Waals surface area contributed by atoms with Gasteiger partial charge in [0.2, 0.25) is 5.91 Å². The van der Waals surface area contributed by atoms with Gasteiger partial charge < -0.3 is 5.32 Å². The number of rotatable bonds is 2. The Morgan fingerprint density at radius 1 is 1.04 bits per heavy atom. The van der Waals surface area contributed by atoms with Crippen LogP contribution >= 0.6 is 0 Å². The second kappa shape index (κ2) is 6.48. The number of amides is 1. The van der Waals surface area contributed by atoms with E-state index in [-0.39, 0.29) is 5.91 Å². The summed E-state index contributed by atoms with van der Waals surface area (Å²) in [5.74, 6) is -0.0253. The summed E-state index contributed by atoms with van der Waals surface area (Å²) in [6.07, 6.45) is 0.242. The number of carbonyl (C=O) groups excluding carboxylic acids is 1. The van der Waals surface area contributed by atoms with Crippen LogP contribution in [0, 0.1) is 0 Å². The van der Waals surface area contributed by atoms with Crippen LogP contribution in [0.2, 0.25) is 0 Å². The molecule has 1 saturated heterocycles. The molecule has 2 aliphatic rings. The topological polar surface area (TPSA) is 54.4 Å². The first kappa shape index (κ1) is 17.7. The highest BCUT2D eigenvalue weighted by molar-refractivity contribution is 6.04. The first-order valence-electron chi connectivity index (χ1n) is 8.89. The third-order valence-corrected chi connectivity index (χ3v) is 5.20. The van der Waals surface area contributed by atoms with Crippen LogP contribution in [0.5, 0.6) is 0 Å². The monoisotopic (exact) mass is 373 g/mol. The standard InChI is InChI=1S/C20H18F3N3O/c21-20(22,23)15-4-2-13(3-5-15)14-7-11-24-17(12-14)16-6-9-19(26-16)8-1-10-25-18(19)27/h2-5,7,11-12H,1,6,8-10H2,(H,25,27)/t19-/m1/s1. The second-order valence-electron chi connectivity index (χ2n) is 6.95. The van der Waals surface area contributed by atoms with Crippen LogP contribution in [-0.2, 0) is 11.0 Å². The molecule has 4 nitrogen and oxygen atoms in total. The minimum Gasteiger partial charge on any atom is -0.354 e. The molecule has 0 unspecified atom stereocenters. The predicted molar refractivity (Wildman–Crippen MR) is 95.4 cm³/mol. The Kier molecular flexibility index (Phi) is 4.25. The highest BCUT2D eigenvalue weighted by atomic mass is 19.4. The molecule has 2 aromatic rings. The van der Waals surface area contributed by atoms with Gasteiger partial charge in [0.15, 0.2) is 0 Å². The number of pyridine rings is 1. The zero-order chi connectivity index (χ0) is 19.1. The van der Waals surface area contributed by atoms with Crippen molar-refractivity contribution in [2.45, 2.75) is 37.4 Å². The number of hydrogen-bond acceptors (Lipinski definition) is 3. The van der Waals surface area contributed by atoms with Gasteiger partial charge in [-0.15, -0.1) is 0 Å². The molecule has 7 heteroatoms. The molecule has 0 radical (unpaired) electrons. The van der Waals surface area contributed by atoms with Crippen LogP contribution in [0.4, 0.5) is 13.2 Å². The lowest BCUT2D eigenvalue weighted by atomic mass is 9.87. The number of benzene rings is 1. The van der Waals surface area contributed by atoms with Gasteiger partial charge in [0.1, 0.15) is 5.54 Å². The quantitative estimate of drug-likeness (QED) is 0.865. The minimum atomic E-state index is -4.35. The van der Waals surface area contributed by atoms with E-state index in [4.69, 9.17) is 4.99 Å². The fourth-order valence-corrected chi connectivity index (χ4v) is 3.71. The molecule has 1 N–H and O–H groups in total. The Hall–Kier alpha value is -2.70. The highest BCUT2D eigenvalue weighted by Gasteiger charge is 2.43. The Morgan fingerprint density at radius 3 is 2.52 bits per heavy atom. The summed E-state index contributed by atoms with van der Waals surface area (Å²) < 4.78 is 38.2. The Morgan fingerprint density at radius 2 is 1.81 bits per heavy atom. The first-order chi connectivity index (χ1) is 12.9. The lowest BCUT2D eigenvalue weighted by molar-refractivity contribution is -0.137. The van der Waals surface area contributed by atoms with Gasteiger partial charge in [-0.2, -0.15) is 13.2 Å². The number of alkyl halides is 3. The van der Waals surface area contributed by atoms with Gasteiger partial charge in [-0.3, -0.25) is 14.8 Å². The molecule has 27 heavy (non-hydrogen) atoms. The molecule has 2 aliphatic heterocycles. The molecule has 140 valence electrons. The molecule has 0 bridgehead atoms. The Bertz CT molecular complexity index is 905. The van der Waals surface area contributed by atoms with E-state index < -0.39 is 17.3 Å². The van der Waals surface area contributed by atoms with Crippen molar-refractivity contribution in [2.24, 2.45) is 4.99 Å². The fourth-order valence-electron chi connectivity index (χ4n) is 3.71. The van der Waals surface area contributed by atoms with Gasteiger partial charge in [0.25, 0.3) is 0 Å². The summed E-state index contributed by atoms with van der Waals surface area (Å²) in [6, 6.07) is 8.63. The van der Waals surface area contributed by atoms with E-state index in [0.717, 1.165) is 36.2 Å². The average molecular weight is 373 g/mol. The number of halogens is 3. The van der Waals surface area contributed by atoms with Crippen LogP contribution < -0.4 is 5.32 Å². The number of nitrogens with one attached hydrogen (secondary N) is 1. The summed E-state index contributed by atoms with van der Waals surface area (Å²) in [4.78, 5) is 21.3. The van der Waals surface area contributed by atoms with Crippen molar-refractivity contribution < 1.29 is 18.0 Å². The van der Waals surface area contributed by atoms with Crippen molar-refractivity contribution in [1.82, 2.24) is 10.3 Å². The molecule has 1 aromatic carbocycles. The summed E-state index contributed by atoms with van der Waals surface area (Å²) >= 11 is 0. The third-order valence-electron chi connectivity index (χ3n) is 5.20. The lowest BCUT2D eigenvalue weighted by Crippen LogP contribution is -2.48. The second-order valence-corrected chi connectivity index (χ2v) is 6.95. The summed E-state index contributed by atoms with van der Waals surface area (Å²) in [5, 5.41) is 2.88. The molecule has 0 aliphatic carbocycles. The van der Waals surface area contributed by atoms with Crippen molar-refractivity contribution in [3.05, 3.63) is 53.9 Å². The number of hydrogen-bond donors (Lipinski definition) is 1. The molecular weight excluding hydrogens is 355 g/mol. The van der Waals surface area contributed by atoms with Crippen molar-refractivity contribution in [3.8, 4) is 11.1 Å². The van der Waals surface area contributed by atoms with Crippen LogP contribution in [0.25, 0.3) is 11.1 Å². The third kappa shape index (κ3) is 3.34. The van der Waals surface area contributed by atoms with Crippen LogP contribution in [-0.4, -0.2) is 28.7 Å². The van der Waals surface area contributed by atoms with E-state index in [1.165, 1.54) is 12.1 Å². The van der Waals surface area contributed by atoms with E-state index in [2.05, 4.69) is 10.3 Å². The smallest absolute Gasteiger partial charge is 0.354 e. The zero-order valence-corrected chi connectivity index (χ0v) is 14.5. The number of carbonyl (C=O) groups is 1. The number of aliphatic imine (C=N–C) groups is 1. The summed E-state index contributed by atoms with van der Waals surface area (Å²) in [7, 11) is 0. The molecule has 4 rings (SSSR count). The van der Waals surface area contributed by atoms with E-state index >= 15 is 0 Å². The number of aromatic nitrogens is 1. The zero-order valence-electron chi connectivity index (χ0n) is 14.5. The Balaban J connectivity index is 1.63.